The number of nitrogens with one attached hydrogen (secondary N) is 1. The number of carbonyl (C=O) groups excluding carboxylic acids is 2. The molecule has 3 rings (SSSR count). The van der Waals surface area contributed by atoms with Crippen molar-refractivity contribution in [3.05, 3.63) is 17.7 Å². The second kappa shape index (κ2) is 10.5. The van der Waals surface area contributed by atoms with Gasteiger partial charge >= 0.3 is 5.97 Å². The number of hydrogen-bond acceptors (Lipinski definition) is 9. The number of amides is 1. The van der Waals surface area contributed by atoms with Gasteiger partial charge in [-0.2, -0.15) is 0 Å². The molecule has 1 amide bonds. The summed E-state index contributed by atoms with van der Waals surface area (Å²) in [5.41, 5.74) is 0.595. The van der Waals surface area contributed by atoms with Crippen LogP contribution in [-0.2, 0) is 14.3 Å². The molecule has 2 aliphatic heterocycles. The largest absolute Gasteiger partial charge is 0.493 e. The highest BCUT2D eigenvalue weighted by molar-refractivity contribution is 6.08. The smallest absolute Gasteiger partial charge is 0.321 e. The Morgan fingerprint density at radius 1 is 1.06 bits per heavy atom. The predicted molar refractivity (Wildman–Crippen MR) is 118 cm³/mol. The van der Waals surface area contributed by atoms with Gasteiger partial charge in [-0.3, -0.25) is 14.9 Å². The van der Waals surface area contributed by atoms with Gasteiger partial charge in [-0.05, 0) is 31.2 Å². The minimum Gasteiger partial charge on any atom is -0.493 e. The van der Waals surface area contributed by atoms with Gasteiger partial charge in [0.2, 0.25) is 17.6 Å². The first-order valence-corrected chi connectivity index (χ1v) is 10.8. The van der Waals surface area contributed by atoms with Crippen molar-refractivity contribution in [2.45, 2.75) is 19.9 Å². The molecule has 1 saturated heterocycles. The van der Waals surface area contributed by atoms with Crippen LogP contribution in [0.3, 0.4) is 0 Å². The van der Waals surface area contributed by atoms with Crippen molar-refractivity contribution in [2.75, 3.05) is 60.7 Å². The first-order chi connectivity index (χ1) is 15.5. The molecule has 0 aromatic heterocycles. The summed E-state index contributed by atoms with van der Waals surface area (Å²) in [5.74, 6) is -0.463. The summed E-state index contributed by atoms with van der Waals surface area (Å²) in [6.45, 7) is 8.20. The normalized spacial score (nSPS) is 21.5. The number of esters is 1. The number of likely N-dealkylation sites (N-methyl/N-ethyl adjacent to an activating group) is 1. The van der Waals surface area contributed by atoms with Crippen LogP contribution in [0.15, 0.2) is 17.1 Å². The van der Waals surface area contributed by atoms with E-state index in [0.717, 1.165) is 32.7 Å². The van der Waals surface area contributed by atoms with Crippen molar-refractivity contribution in [3.8, 4) is 17.2 Å². The second-order valence-corrected chi connectivity index (χ2v) is 7.50. The molecule has 10 nitrogen and oxygen atoms in total. The number of nitrogens with zero attached hydrogens (tertiary/aromatic N) is 3. The number of aliphatic imine (C=N–C) groups is 1. The number of methoxy groups -OCH3 is 3. The van der Waals surface area contributed by atoms with Crippen molar-refractivity contribution in [1.29, 1.82) is 0 Å². The second-order valence-electron chi connectivity index (χ2n) is 7.50. The van der Waals surface area contributed by atoms with Crippen LogP contribution in [0.1, 0.15) is 25.5 Å². The standard InChI is InChI=1S/C22H32N4O6/c1-6-25-8-10-26(11-9-25)22-23-18(17(20(27)24-22)21(28)32-7-2)14-12-15(29-3)19(31-5)16(13-14)30-4/h12-13,17-18H,6-11H2,1-5H3,(H,23,24,27)/t17-,18-/m0/s1. The molecular formula is C22H32N4O6. The van der Waals surface area contributed by atoms with E-state index in [2.05, 4.69) is 17.1 Å². The number of piperazine rings is 1. The lowest BCUT2D eigenvalue weighted by molar-refractivity contribution is -0.153. The van der Waals surface area contributed by atoms with E-state index in [-0.39, 0.29) is 6.61 Å². The summed E-state index contributed by atoms with van der Waals surface area (Å²) in [7, 11) is 4.54. The van der Waals surface area contributed by atoms with E-state index in [0.29, 0.717) is 28.8 Å². The van der Waals surface area contributed by atoms with Gasteiger partial charge < -0.3 is 28.7 Å². The Labute approximate surface area is 188 Å². The summed E-state index contributed by atoms with van der Waals surface area (Å²) in [6.07, 6.45) is 0. The zero-order valence-electron chi connectivity index (χ0n) is 19.3. The molecule has 0 unspecified atom stereocenters. The Morgan fingerprint density at radius 2 is 1.69 bits per heavy atom. The van der Waals surface area contributed by atoms with E-state index in [1.165, 1.54) is 21.3 Å². The molecule has 32 heavy (non-hydrogen) atoms. The fourth-order valence-electron chi connectivity index (χ4n) is 4.01. The first kappa shape index (κ1) is 23.6. The van der Waals surface area contributed by atoms with Crippen LogP contribution < -0.4 is 19.5 Å². The fraction of sp³-hybridized carbons (Fsp3) is 0.591. The summed E-state index contributed by atoms with van der Waals surface area (Å²) < 4.78 is 21.5. The van der Waals surface area contributed by atoms with E-state index < -0.39 is 23.8 Å². The zero-order valence-corrected chi connectivity index (χ0v) is 19.3. The number of hydrogen-bond donors (Lipinski definition) is 1. The van der Waals surface area contributed by atoms with E-state index in [1.807, 2.05) is 4.90 Å². The summed E-state index contributed by atoms with van der Waals surface area (Å²) in [4.78, 5) is 35.0. The maximum absolute atomic E-state index is 13.1. The Balaban J connectivity index is 2.04. The lowest BCUT2D eigenvalue weighted by Gasteiger charge is -2.38. The maximum atomic E-state index is 13.1. The number of ether oxygens (including phenoxy) is 4. The molecule has 0 saturated carbocycles. The monoisotopic (exact) mass is 448 g/mol. The van der Waals surface area contributed by atoms with Gasteiger partial charge in [0, 0.05) is 26.2 Å². The third-order valence-electron chi connectivity index (χ3n) is 5.78. The van der Waals surface area contributed by atoms with Gasteiger partial charge in [0.25, 0.3) is 0 Å². The molecule has 2 atom stereocenters. The molecule has 0 aliphatic carbocycles. The van der Waals surface area contributed by atoms with Crippen molar-refractivity contribution < 1.29 is 28.5 Å². The summed E-state index contributed by atoms with van der Waals surface area (Å²) >= 11 is 0. The Hall–Kier alpha value is -3.01. The van der Waals surface area contributed by atoms with Gasteiger partial charge in [-0.15, -0.1) is 0 Å². The molecule has 1 fully saturated rings. The van der Waals surface area contributed by atoms with Crippen LogP contribution in [0.2, 0.25) is 0 Å². The molecule has 1 aromatic carbocycles. The van der Waals surface area contributed by atoms with Crippen molar-refractivity contribution in [2.24, 2.45) is 10.9 Å². The average Bonchev–Trinajstić information content (AvgIpc) is 2.82. The molecular weight excluding hydrogens is 416 g/mol. The Morgan fingerprint density at radius 3 is 2.19 bits per heavy atom. The van der Waals surface area contributed by atoms with Gasteiger partial charge in [-0.1, -0.05) is 6.92 Å². The number of carbonyl (C=O) groups is 2. The lowest BCUT2D eigenvalue weighted by Crippen LogP contribution is -2.57. The highest BCUT2D eigenvalue weighted by atomic mass is 16.5. The summed E-state index contributed by atoms with van der Waals surface area (Å²) in [6, 6.07) is 2.63. The first-order valence-electron chi connectivity index (χ1n) is 10.8. The van der Waals surface area contributed by atoms with Crippen LogP contribution in [0.5, 0.6) is 17.2 Å². The SMILES string of the molecule is CCOC(=O)[C@@H]1C(=O)NC(N2CCN(CC)CC2)=N[C@H]1c1cc(OC)c(OC)c(OC)c1. The molecule has 2 heterocycles. The van der Waals surface area contributed by atoms with Crippen LogP contribution >= 0.6 is 0 Å². The van der Waals surface area contributed by atoms with E-state index in [4.69, 9.17) is 23.9 Å². The topological polar surface area (TPSA) is 102 Å². The van der Waals surface area contributed by atoms with Crippen LogP contribution in [0.4, 0.5) is 0 Å². The quantitative estimate of drug-likeness (QED) is 0.488. The minimum atomic E-state index is -1.13. The van der Waals surface area contributed by atoms with Crippen molar-refractivity contribution in [3.63, 3.8) is 0 Å². The van der Waals surface area contributed by atoms with Crippen LogP contribution in [-0.4, -0.2) is 88.3 Å². The summed E-state index contributed by atoms with van der Waals surface area (Å²) in [5, 5.41) is 2.82. The highest BCUT2D eigenvalue weighted by Crippen LogP contribution is 2.42. The third kappa shape index (κ3) is 4.74. The number of benzene rings is 1. The fourth-order valence-corrected chi connectivity index (χ4v) is 4.01. The molecule has 176 valence electrons. The van der Waals surface area contributed by atoms with Gasteiger partial charge in [-0.25, -0.2) is 4.99 Å². The van der Waals surface area contributed by atoms with Gasteiger partial charge in [0.1, 0.15) is 6.04 Å². The molecule has 10 heteroatoms. The van der Waals surface area contributed by atoms with Gasteiger partial charge in [0.15, 0.2) is 17.4 Å². The molecule has 2 aliphatic rings. The molecule has 0 spiro atoms. The zero-order chi connectivity index (χ0) is 23.3. The molecule has 1 aromatic rings. The van der Waals surface area contributed by atoms with Crippen molar-refractivity contribution in [1.82, 2.24) is 15.1 Å². The van der Waals surface area contributed by atoms with Gasteiger partial charge in [0.05, 0.1) is 27.9 Å². The van der Waals surface area contributed by atoms with Crippen molar-refractivity contribution >= 4 is 17.8 Å². The molecule has 0 radical (unpaired) electrons. The Kier molecular flexibility index (Phi) is 7.79. The lowest BCUT2D eigenvalue weighted by atomic mass is 9.90. The molecule has 0 bridgehead atoms. The average molecular weight is 449 g/mol. The minimum absolute atomic E-state index is 0.167. The predicted octanol–water partition coefficient (Wildman–Crippen LogP) is 1.06. The third-order valence-corrected chi connectivity index (χ3v) is 5.78. The number of rotatable bonds is 7. The highest BCUT2D eigenvalue weighted by Gasteiger charge is 2.42. The maximum Gasteiger partial charge on any atom is 0.321 e. The van der Waals surface area contributed by atoms with E-state index in [1.54, 1.807) is 19.1 Å². The van der Waals surface area contributed by atoms with E-state index in [9.17, 15) is 9.59 Å². The Bertz CT molecular complexity index is 841. The van der Waals surface area contributed by atoms with Crippen LogP contribution in [0.25, 0.3) is 0 Å². The number of guanidine groups is 1. The molecule has 1 N–H and O–H groups in total. The van der Waals surface area contributed by atoms with E-state index >= 15 is 0 Å². The van der Waals surface area contributed by atoms with Crippen LogP contribution in [0, 0.1) is 5.92 Å².